The number of thiophene rings is 1. The van der Waals surface area contributed by atoms with Crippen molar-refractivity contribution in [3.8, 4) is 0 Å². The molecular formula is C14H25N3OS. The molecule has 0 unspecified atom stereocenters. The van der Waals surface area contributed by atoms with Crippen LogP contribution in [0.5, 0.6) is 0 Å². The van der Waals surface area contributed by atoms with E-state index in [0.29, 0.717) is 0 Å². The highest BCUT2D eigenvalue weighted by Gasteiger charge is 2.23. The van der Waals surface area contributed by atoms with Gasteiger partial charge in [-0.3, -0.25) is 9.80 Å². The highest BCUT2D eigenvalue weighted by Crippen LogP contribution is 2.19. The molecule has 4 nitrogen and oxygen atoms in total. The van der Waals surface area contributed by atoms with Crippen LogP contribution in [0.15, 0.2) is 11.4 Å². The zero-order chi connectivity index (χ0) is 13.8. The summed E-state index contributed by atoms with van der Waals surface area (Å²) in [4.78, 5) is 8.33. The van der Waals surface area contributed by atoms with Crippen molar-refractivity contribution in [1.82, 2.24) is 14.7 Å². The topological polar surface area (TPSA) is 30.0 Å². The van der Waals surface area contributed by atoms with Crippen molar-refractivity contribution < 1.29 is 5.11 Å². The first-order valence-electron chi connectivity index (χ1n) is 6.83. The molecule has 2 heterocycles. The van der Waals surface area contributed by atoms with Crippen molar-refractivity contribution in [2.45, 2.75) is 19.1 Å². The first-order valence-corrected chi connectivity index (χ1v) is 7.71. The van der Waals surface area contributed by atoms with Crippen molar-refractivity contribution in [2.75, 3.05) is 47.4 Å². The number of aliphatic hydroxyl groups excluding tert-OH is 1. The van der Waals surface area contributed by atoms with Crippen LogP contribution in [-0.4, -0.2) is 73.2 Å². The molecule has 0 radical (unpaired) electrons. The van der Waals surface area contributed by atoms with Crippen LogP contribution >= 0.6 is 11.3 Å². The summed E-state index contributed by atoms with van der Waals surface area (Å²) in [6.07, 6.45) is 0. The molecular weight excluding hydrogens is 258 g/mol. The summed E-state index contributed by atoms with van der Waals surface area (Å²) in [7, 11) is 6.30. The fraction of sp³-hybridized carbons (Fsp3) is 0.714. The van der Waals surface area contributed by atoms with Crippen LogP contribution in [0.3, 0.4) is 0 Å². The first kappa shape index (κ1) is 14.9. The molecule has 1 aromatic rings. The van der Waals surface area contributed by atoms with Crippen molar-refractivity contribution in [3.63, 3.8) is 0 Å². The predicted octanol–water partition coefficient (Wildman–Crippen LogP) is 0.918. The van der Waals surface area contributed by atoms with E-state index in [1.54, 1.807) is 0 Å². The van der Waals surface area contributed by atoms with E-state index >= 15 is 0 Å². The number of nitrogens with zero attached hydrogens (tertiary/aromatic N) is 3. The van der Waals surface area contributed by atoms with Crippen molar-refractivity contribution in [2.24, 2.45) is 0 Å². The molecule has 1 aliphatic rings. The lowest BCUT2D eigenvalue weighted by molar-refractivity contribution is 0.0544. The van der Waals surface area contributed by atoms with Gasteiger partial charge in [-0.1, -0.05) is 0 Å². The van der Waals surface area contributed by atoms with Gasteiger partial charge in [0.05, 0.1) is 6.61 Å². The van der Waals surface area contributed by atoms with Gasteiger partial charge in [0.25, 0.3) is 0 Å². The zero-order valence-electron chi connectivity index (χ0n) is 12.2. The van der Waals surface area contributed by atoms with E-state index in [4.69, 9.17) is 0 Å². The Morgan fingerprint density at radius 3 is 2.89 bits per heavy atom. The van der Waals surface area contributed by atoms with Crippen LogP contribution in [0.4, 0.5) is 0 Å². The number of piperazine rings is 1. The third kappa shape index (κ3) is 4.26. The fourth-order valence-corrected chi connectivity index (χ4v) is 3.45. The lowest BCUT2D eigenvalue weighted by Crippen LogP contribution is -2.52. The molecule has 0 saturated carbocycles. The Bertz CT molecular complexity index is 394. The van der Waals surface area contributed by atoms with Crippen molar-refractivity contribution in [1.29, 1.82) is 0 Å². The lowest BCUT2D eigenvalue weighted by atomic mass is 10.2. The minimum Gasteiger partial charge on any atom is -0.395 e. The van der Waals surface area contributed by atoms with Gasteiger partial charge in [0, 0.05) is 43.6 Å². The monoisotopic (exact) mass is 283 g/mol. The molecule has 1 fully saturated rings. The Morgan fingerprint density at radius 2 is 2.21 bits per heavy atom. The molecule has 0 amide bonds. The Labute approximate surface area is 120 Å². The van der Waals surface area contributed by atoms with Crippen molar-refractivity contribution in [3.05, 3.63) is 21.9 Å². The molecule has 1 atom stereocenters. The van der Waals surface area contributed by atoms with Crippen LogP contribution in [0.25, 0.3) is 0 Å². The molecule has 1 N–H and O–H groups in total. The van der Waals surface area contributed by atoms with E-state index in [-0.39, 0.29) is 12.6 Å². The summed E-state index contributed by atoms with van der Waals surface area (Å²) in [5.74, 6) is 0. The van der Waals surface area contributed by atoms with Crippen LogP contribution < -0.4 is 0 Å². The van der Waals surface area contributed by atoms with Crippen LogP contribution in [0.1, 0.15) is 10.4 Å². The molecule has 0 aliphatic carbocycles. The highest BCUT2D eigenvalue weighted by molar-refractivity contribution is 7.10. The zero-order valence-corrected chi connectivity index (χ0v) is 13.0. The summed E-state index contributed by atoms with van der Waals surface area (Å²) >= 11 is 1.85. The number of rotatable bonds is 5. The van der Waals surface area contributed by atoms with Gasteiger partial charge in [0.1, 0.15) is 0 Å². The van der Waals surface area contributed by atoms with Crippen LogP contribution in [0.2, 0.25) is 0 Å². The van der Waals surface area contributed by atoms with Gasteiger partial charge in [0.15, 0.2) is 0 Å². The maximum Gasteiger partial charge on any atom is 0.0599 e. The van der Waals surface area contributed by atoms with E-state index in [1.807, 2.05) is 11.3 Å². The third-order valence-corrected chi connectivity index (χ3v) is 4.63. The van der Waals surface area contributed by atoms with E-state index < -0.39 is 0 Å². The summed E-state index contributed by atoms with van der Waals surface area (Å²) in [5, 5.41) is 11.6. The van der Waals surface area contributed by atoms with Gasteiger partial charge in [-0.05, 0) is 38.2 Å². The van der Waals surface area contributed by atoms with Gasteiger partial charge in [-0.25, -0.2) is 0 Å². The lowest BCUT2D eigenvalue weighted by Gasteiger charge is -2.38. The van der Waals surface area contributed by atoms with Gasteiger partial charge < -0.3 is 10.0 Å². The second-order valence-electron chi connectivity index (χ2n) is 5.71. The number of likely N-dealkylation sites (N-methyl/N-ethyl adjacent to an activating group) is 1. The summed E-state index contributed by atoms with van der Waals surface area (Å²) in [6.45, 7) is 5.38. The molecule has 2 rings (SSSR count). The SMILES string of the molecule is CN(C)Cc1csc(CN2CCN(C)[C@H](CO)C2)c1. The normalized spacial score (nSPS) is 22.3. The van der Waals surface area contributed by atoms with Crippen LogP contribution in [0, 0.1) is 0 Å². The average molecular weight is 283 g/mol. The van der Waals surface area contributed by atoms with Gasteiger partial charge in [-0.2, -0.15) is 0 Å². The Balaban J connectivity index is 1.88. The minimum absolute atomic E-state index is 0.253. The fourth-order valence-electron chi connectivity index (χ4n) is 2.53. The second kappa shape index (κ2) is 6.81. The Kier molecular flexibility index (Phi) is 5.36. The van der Waals surface area contributed by atoms with Gasteiger partial charge in [-0.15, -0.1) is 11.3 Å². The van der Waals surface area contributed by atoms with E-state index in [9.17, 15) is 5.11 Å². The number of hydrogen-bond acceptors (Lipinski definition) is 5. The maximum absolute atomic E-state index is 9.38. The predicted molar refractivity (Wildman–Crippen MR) is 80.5 cm³/mol. The molecule has 1 saturated heterocycles. The average Bonchev–Trinajstić information content (AvgIpc) is 2.78. The van der Waals surface area contributed by atoms with E-state index in [1.165, 1.54) is 10.4 Å². The molecule has 1 aromatic heterocycles. The van der Waals surface area contributed by atoms with Crippen LogP contribution in [-0.2, 0) is 13.1 Å². The molecule has 0 bridgehead atoms. The smallest absolute Gasteiger partial charge is 0.0599 e. The largest absolute Gasteiger partial charge is 0.395 e. The van der Waals surface area contributed by atoms with Crippen molar-refractivity contribution >= 4 is 11.3 Å². The minimum atomic E-state index is 0.253. The summed E-state index contributed by atoms with van der Waals surface area (Å²) < 4.78 is 0. The second-order valence-corrected chi connectivity index (χ2v) is 6.71. The Morgan fingerprint density at radius 1 is 1.42 bits per heavy atom. The van der Waals surface area contributed by atoms with Gasteiger partial charge in [0.2, 0.25) is 0 Å². The highest BCUT2D eigenvalue weighted by atomic mass is 32.1. The quantitative estimate of drug-likeness (QED) is 0.870. The van der Waals surface area contributed by atoms with E-state index in [2.05, 4.69) is 47.3 Å². The maximum atomic E-state index is 9.38. The third-order valence-electron chi connectivity index (χ3n) is 3.66. The number of aliphatic hydroxyl groups is 1. The summed E-state index contributed by atoms with van der Waals surface area (Å²) in [5.41, 5.74) is 1.40. The standard InChI is InChI=1S/C14H25N3OS/c1-15(2)7-12-6-14(19-11-12)9-17-5-4-16(3)13(8-17)10-18/h6,11,13,18H,4-5,7-10H2,1-3H3/t13-/m0/s1. The van der Waals surface area contributed by atoms with Gasteiger partial charge >= 0.3 is 0 Å². The molecule has 19 heavy (non-hydrogen) atoms. The molecule has 5 heteroatoms. The molecule has 0 spiro atoms. The first-order chi connectivity index (χ1) is 9.08. The Hall–Kier alpha value is -0.460. The molecule has 0 aromatic carbocycles. The van der Waals surface area contributed by atoms with E-state index in [0.717, 1.165) is 32.7 Å². The number of hydrogen-bond donors (Lipinski definition) is 1. The molecule has 108 valence electrons. The summed E-state index contributed by atoms with van der Waals surface area (Å²) in [6, 6.07) is 2.60. The molecule has 1 aliphatic heterocycles.